The molecule has 28 heavy (non-hydrogen) atoms. The predicted octanol–water partition coefficient (Wildman–Crippen LogP) is 3.35. The summed E-state index contributed by atoms with van der Waals surface area (Å²) in [6.45, 7) is 9.50. The van der Waals surface area contributed by atoms with E-state index in [9.17, 15) is 10.3 Å². The van der Waals surface area contributed by atoms with Gasteiger partial charge in [-0.2, -0.15) is 5.06 Å². The topological polar surface area (TPSA) is 78.1 Å². The van der Waals surface area contributed by atoms with E-state index in [1.54, 1.807) is 6.26 Å². The Hall–Kier alpha value is -1.60. The number of hydrogen-bond donors (Lipinski definition) is 3. The molecular weight excluding hydrogens is 356 g/mol. The minimum atomic E-state index is -0.573. The van der Waals surface area contributed by atoms with E-state index in [-0.39, 0.29) is 17.2 Å². The van der Waals surface area contributed by atoms with E-state index in [4.69, 9.17) is 9.15 Å². The van der Waals surface area contributed by atoms with Crippen molar-refractivity contribution in [3.05, 3.63) is 30.0 Å². The summed E-state index contributed by atoms with van der Waals surface area (Å²) in [6.07, 6.45) is 3.47. The van der Waals surface area contributed by atoms with Crippen molar-refractivity contribution in [1.29, 1.82) is 0 Å². The van der Waals surface area contributed by atoms with E-state index in [0.29, 0.717) is 12.5 Å². The molecule has 3 unspecified atom stereocenters. The molecule has 6 nitrogen and oxygen atoms in total. The van der Waals surface area contributed by atoms with Crippen LogP contribution in [0.5, 0.6) is 5.75 Å². The molecule has 3 heterocycles. The summed E-state index contributed by atoms with van der Waals surface area (Å²) in [5.41, 5.74) is 1.49. The van der Waals surface area contributed by atoms with Crippen LogP contribution in [0.25, 0.3) is 11.0 Å². The first-order valence-electron chi connectivity index (χ1n) is 10.2. The monoisotopic (exact) mass is 388 g/mol. The van der Waals surface area contributed by atoms with E-state index >= 15 is 0 Å². The van der Waals surface area contributed by atoms with Gasteiger partial charge in [0.15, 0.2) is 0 Å². The second-order valence-corrected chi connectivity index (χ2v) is 9.52. The standard InChI is InChI=1S/C22H32N2O4/c1-21(2)11-16(22(3,4)24(21)26)12-23-13-17(25)18-6-5-14-9-19-15(7-8-27-19)10-20(14)28-18/h7-10,16-18,23,25-26H,5-6,11-13H2,1-4H3. The van der Waals surface area contributed by atoms with Crippen molar-refractivity contribution < 1.29 is 19.5 Å². The van der Waals surface area contributed by atoms with Gasteiger partial charge in [0, 0.05) is 23.0 Å². The van der Waals surface area contributed by atoms with Crippen LogP contribution < -0.4 is 10.1 Å². The van der Waals surface area contributed by atoms with Gasteiger partial charge in [-0.05, 0) is 83.2 Å². The Kier molecular flexibility index (Phi) is 4.94. The summed E-state index contributed by atoms with van der Waals surface area (Å²) in [5, 5.41) is 27.0. The van der Waals surface area contributed by atoms with Crippen LogP contribution in [0.15, 0.2) is 28.9 Å². The first kappa shape index (κ1) is 19.7. The summed E-state index contributed by atoms with van der Waals surface area (Å²) in [6, 6.07) is 5.96. The normalized spacial score (nSPS) is 27.5. The van der Waals surface area contributed by atoms with E-state index < -0.39 is 6.10 Å². The number of nitrogens with one attached hydrogen (secondary N) is 1. The molecule has 154 valence electrons. The zero-order chi connectivity index (χ0) is 20.1. The van der Waals surface area contributed by atoms with E-state index in [2.05, 4.69) is 33.0 Å². The highest BCUT2D eigenvalue weighted by Crippen LogP contribution is 2.43. The predicted molar refractivity (Wildman–Crippen MR) is 108 cm³/mol. The van der Waals surface area contributed by atoms with Crippen molar-refractivity contribution in [2.24, 2.45) is 5.92 Å². The molecule has 1 aromatic heterocycles. The molecule has 6 heteroatoms. The fourth-order valence-corrected chi connectivity index (χ4v) is 4.88. The third-order valence-electron chi connectivity index (χ3n) is 6.65. The van der Waals surface area contributed by atoms with Gasteiger partial charge < -0.3 is 24.8 Å². The van der Waals surface area contributed by atoms with Gasteiger partial charge in [-0.1, -0.05) is 0 Å². The molecule has 2 aromatic rings. The lowest BCUT2D eigenvalue weighted by molar-refractivity contribution is -0.196. The van der Waals surface area contributed by atoms with Crippen LogP contribution in [0.2, 0.25) is 0 Å². The molecule has 3 N–H and O–H groups in total. The molecule has 0 radical (unpaired) electrons. The highest BCUT2D eigenvalue weighted by molar-refractivity contribution is 5.80. The van der Waals surface area contributed by atoms with Crippen LogP contribution in [0.4, 0.5) is 0 Å². The van der Waals surface area contributed by atoms with Crippen LogP contribution >= 0.6 is 0 Å². The molecule has 2 aliphatic rings. The number of fused-ring (bicyclic) bond motifs is 2. The summed E-state index contributed by atoms with van der Waals surface area (Å²) < 4.78 is 11.6. The van der Waals surface area contributed by atoms with Crippen molar-refractivity contribution in [3.8, 4) is 5.75 Å². The van der Waals surface area contributed by atoms with Crippen LogP contribution in [0.1, 0.15) is 46.1 Å². The average Bonchev–Trinajstić information content (AvgIpc) is 3.16. The Morgan fingerprint density at radius 3 is 2.79 bits per heavy atom. The smallest absolute Gasteiger partial charge is 0.134 e. The third-order valence-corrected chi connectivity index (χ3v) is 6.65. The number of hydroxylamine groups is 2. The maximum atomic E-state index is 10.7. The molecule has 0 bridgehead atoms. The Morgan fingerprint density at radius 1 is 1.29 bits per heavy atom. The van der Waals surface area contributed by atoms with Crippen LogP contribution in [-0.2, 0) is 6.42 Å². The Labute approximate surface area is 166 Å². The molecule has 0 saturated carbocycles. The van der Waals surface area contributed by atoms with Gasteiger partial charge in [0.25, 0.3) is 0 Å². The zero-order valence-corrected chi connectivity index (χ0v) is 17.2. The van der Waals surface area contributed by atoms with Crippen molar-refractivity contribution in [2.45, 2.75) is 70.2 Å². The fourth-order valence-electron chi connectivity index (χ4n) is 4.88. The lowest BCUT2D eigenvalue weighted by Gasteiger charge is -2.36. The Bertz CT molecular complexity index is 844. The van der Waals surface area contributed by atoms with Gasteiger partial charge in [0.2, 0.25) is 0 Å². The van der Waals surface area contributed by atoms with E-state index in [1.165, 1.54) is 5.06 Å². The number of aliphatic hydroxyl groups excluding tert-OH is 1. The number of hydrogen-bond acceptors (Lipinski definition) is 6. The van der Waals surface area contributed by atoms with Crippen LogP contribution in [-0.4, -0.2) is 51.8 Å². The van der Waals surface area contributed by atoms with Crippen molar-refractivity contribution in [1.82, 2.24) is 10.4 Å². The summed E-state index contributed by atoms with van der Waals surface area (Å²) in [4.78, 5) is 0. The van der Waals surface area contributed by atoms with Gasteiger partial charge in [0.1, 0.15) is 23.5 Å². The largest absolute Gasteiger partial charge is 0.487 e. The van der Waals surface area contributed by atoms with Crippen molar-refractivity contribution >= 4 is 11.0 Å². The molecule has 2 aliphatic heterocycles. The fraction of sp³-hybridized carbons (Fsp3) is 0.636. The van der Waals surface area contributed by atoms with Gasteiger partial charge >= 0.3 is 0 Å². The second kappa shape index (κ2) is 7.02. The van der Waals surface area contributed by atoms with E-state index in [1.807, 2.05) is 18.2 Å². The Morgan fingerprint density at radius 2 is 2.07 bits per heavy atom. The molecule has 0 spiro atoms. The second-order valence-electron chi connectivity index (χ2n) is 9.52. The Balaban J connectivity index is 1.33. The maximum absolute atomic E-state index is 10.7. The number of ether oxygens (including phenoxy) is 1. The summed E-state index contributed by atoms with van der Waals surface area (Å²) in [5.74, 6) is 1.15. The van der Waals surface area contributed by atoms with Gasteiger partial charge in [0.05, 0.1) is 6.26 Å². The molecule has 1 aromatic carbocycles. The van der Waals surface area contributed by atoms with Gasteiger partial charge in [-0.15, -0.1) is 0 Å². The van der Waals surface area contributed by atoms with Crippen molar-refractivity contribution in [3.63, 3.8) is 0 Å². The van der Waals surface area contributed by atoms with Gasteiger partial charge in [-0.3, -0.25) is 0 Å². The molecule has 1 fully saturated rings. The highest BCUT2D eigenvalue weighted by atomic mass is 16.5. The van der Waals surface area contributed by atoms with Gasteiger partial charge in [-0.25, -0.2) is 0 Å². The number of nitrogens with zero attached hydrogens (tertiary/aromatic N) is 1. The SMILES string of the molecule is CC1(C)CC(CNCC(O)C2CCc3cc4occc4cc3O2)C(C)(C)N1O. The molecule has 0 aliphatic carbocycles. The summed E-state index contributed by atoms with van der Waals surface area (Å²) >= 11 is 0. The average molecular weight is 389 g/mol. The molecule has 0 amide bonds. The van der Waals surface area contributed by atoms with Crippen LogP contribution in [0, 0.1) is 5.92 Å². The van der Waals surface area contributed by atoms with Crippen molar-refractivity contribution in [2.75, 3.05) is 13.1 Å². The van der Waals surface area contributed by atoms with E-state index in [0.717, 1.165) is 48.1 Å². The zero-order valence-electron chi connectivity index (χ0n) is 17.2. The summed E-state index contributed by atoms with van der Waals surface area (Å²) in [7, 11) is 0. The number of aliphatic hydroxyl groups is 1. The molecule has 4 rings (SSSR count). The lowest BCUT2D eigenvalue weighted by atomic mass is 9.87. The lowest BCUT2D eigenvalue weighted by Crippen LogP contribution is -2.49. The number of rotatable bonds is 5. The molecule has 1 saturated heterocycles. The third kappa shape index (κ3) is 3.43. The number of furan rings is 1. The minimum Gasteiger partial charge on any atom is -0.487 e. The molecule has 3 atom stereocenters. The number of benzene rings is 1. The molecular formula is C22H32N2O4. The van der Waals surface area contributed by atoms with Crippen LogP contribution in [0.3, 0.4) is 0 Å². The first-order chi connectivity index (χ1) is 13.2. The first-order valence-corrected chi connectivity index (χ1v) is 10.2. The highest BCUT2D eigenvalue weighted by Gasteiger charge is 2.50. The minimum absolute atomic E-state index is 0.216. The maximum Gasteiger partial charge on any atom is 0.134 e. The quantitative estimate of drug-likeness (QED) is 0.729. The number of aryl methyl sites for hydroxylation is 1.